The second kappa shape index (κ2) is 5.19. The molecule has 1 nitrogen and oxygen atoms in total. The summed E-state index contributed by atoms with van der Waals surface area (Å²) in [6, 6.07) is 0. The predicted molar refractivity (Wildman–Crippen MR) is 52.6 cm³/mol. The Morgan fingerprint density at radius 2 is 1.73 bits per heavy atom. The zero-order chi connectivity index (χ0) is 11.5. The molecule has 0 spiro atoms. The summed E-state index contributed by atoms with van der Waals surface area (Å²) >= 11 is 0. The molecule has 0 saturated heterocycles. The molecule has 1 aliphatic rings. The summed E-state index contributed by atoms with van der Waals surface area (Å²) in [7, 11) is 0. The van der Waals surface area contributed by atoms with Gasteiger partial charge >= 0.3 is 6.18 Å². The van der Waals surface area contributed by atoms with Crippen LogP contribution in [0.5, 0.6) is 0 Å². The van der Waals surface area contributed by atoms with E-state index in [1.165, 1.54) is 0 Å². The zero-order valence-corrected chi connectivity index (χ0v) is 9.31. The van der Waals surface area contributed by atoms with Crippen LogP contribution in [-0.2, 0) is 4.74 Å². The minimum atomic E-state index is -4.01. The summed E-state index contributed by atoms with van der Waals surface area (Å²) in [5, 5.41) is 0. The summed E-state index contributed by atoms with van der Waals surface area (Å²) in [6.45, 7) is 3.99. The van der Waals surface area contributed by atoms with Gasteiger partial charge in [0.05, 0.1) is 18.1 Å². The topological polar surface area (TPSA) is 9.23 Å². The molecular formula is C11H19F3O. The Bertz CT molecular complexity index is 183. The summed E-state index contributed by atoms with van der Waals surface area (Å²) < 4.78 is 42.7. The first-order valence-corrected chi connectivity index (χ1v) is 5.65. The van der Waals surface area contributed by atoms with Crippen LogP contribution in [0.3, 0.4) is 0 Å². The fourth-order valence-corrected chi connectivity index (χ4v) is 1.95. The van der Waals surface area contributed by atoms with E-state index in [-0.39, 0.29) is 25.0 Å². The quantitative estimate of drug-likeness (QED) is 0.706. The molecule has 1 saturated carbocycles. The second-order valence-electron chi connectivity index (χ2n) is 4.37. The van der Waals surface area contributed by atoms with E-state index in [0.29, 0.717) is 12.8 Å². The van der Waals surface area contributed by atoms with Crippen LogP contribution >= 0.6 is 0 Å². The van der Waals surface area contributed by atoms with Crippen LogP contribution in [0.25, 0.3) is 0 Å². The number of rotatable bonds is 3. The van der Waals surface area contributed by atoms with Crippen LogP contribution in [-0.4, -0.2) is 18.4 Å². The van der Waals surface area contributed by atoms with E-state index in [4.69, 9.17) is 4.74 Å². The molecule has 0 aromatic rings. The molecule has 1 fully saturated rings. The van der Waals surface area contributed by atoms with Crippen molar-refractivity contribution in [1.82, 2.24) is 0 Å². The maximum atomic E-state index is 12.4. The smallest absolute Gasteiger partial charge is 0.375 e. The van der Waals surface area contributed by atoms with Crippen LogP contribution in [0.1, 0.15) is 46.0 Å². The molecule has 0 unspecified atom stereocenters. The molecule has 0 amide bonds. The van der Waals surface area contributed by atoms with E-state index >= 15 is 0 Å². The largest absolute Gasteiger partial charge is 0.391 e. The van der Waals surface area contributed by atoms with Crippen molar-refractivity contribution in [3.8, 4) is 0 Å². The van der Waals surface area contributed by atoms with E-state index in [0.717, 1.165) is 6.42 Å². The van der Waals surface area contributed by atoms with Gasteiger partial charge in [-0.15, -0.1) is 0 Å². The normalized spacial score (nSPS) is 30.2. The van der Waals surface area contributed by atoms with Gasteiger partial charge < -0.3 is 4.74 Å². The molecule has 0 heterocycles. The third-order valence-corrected chi connectivity index (χ3v) is 3.14. The van der Waals surface area contributed by atoms with E-state index in [1.807, 2.05) is 13.8 Å². The van der Waals surface area contributed by atoms with Crippen molar-refractivity contribution in [2.24, 2.45) is 5.92 Å². The van der Waals surface area contributed by atoms with Gasteiger partial charge in [0.15, 0.2) is 0 Å². The van der Waals surface area contributed by atoms with Gasteiger partial charge in [0.1, 0.15) is 0 Å². The van der Waals surface area contributed by atoms with E-state index in [9.17, 15) is 13.2 Å². The molecule has 4 heteroatoms. The molecule has 1 aliphatic carbocycles. The first-order chi connectivity index (χ1) is 6.93. The molecule has 0 N–H and O–H groups in total. The van der Waals surface area contributed by atoms with Crippen LogP contribution in [0.2, 0.25) is 0 Å². The van der Waals surface area contributed by atoms with Gasteiger partial charge in [0.2, 0.25) is 0 Å². The third-order valence-electron chi connectivity index (χ3n) is 3.14. The Morgan fingerprint density at radius 3 is 2.13 bits per heavy atom. The van der Waals surface area contributed by atoms with E-state index in [1.54, 1.807) is 0 Å². The van der Waals surface area contributed by atoms with Crippen molar-refractivity contribution in [1.29, 1.82) is 0 Å². The second-order valence-corrected chi connectivity index (χ2v) is 4.37. The Morgan fingerprint density at radius 1 is 1.20 bits per heavy atom. The highest BCUT2D eigenvalue weighted by molar-refractivity contribution is 4.77. The summed E-state index contributed by atoms with van der Waals surface area (Å²) in [6.07, 6.45) is -1.34. The standard InChI is InChI=1S/C11H19F3O/c1-3-8(2)15-10-6-4-9(5-7-10)11(12,13)14/h8-10H,3-7H2,1-2H3/t8-,9?,10?/m0/s1. The molecule has 0 aliphatic heterocycles. The maximum absolute atomic E-state index is 12.4. The van der Waals surface area contributed by atoms with Gasteiger partial charge in [0.25, 0.3) is 0 Å². The Balaban J connectivity index is 2.30. The molecule has 0 aromatic carbocycles. The molecule has 0 aromatic heterocycles. The fourth-order valence-electron chi connectivity index (χ4n) is 1.95. The fraction of sp³-hybridized carbons (Fsp3) is 1.00. The Labute approximate surface area is 89.0 Å². The maximum Gasteiger partial charge on any atom is 0.391 e. The van der Waals surface area contributed by atoms with Crippen molar-refractivity contribution in [3.05, 3.63) is 0 Å². The lowest BCUT2D eigenvalue weighted by molar-refractivity contribution is -0.189. The number of hydrogen-bond donors (Lipinski definition) is 0. The molecule has 0 radical (unpaired) electrons. The van der Waals surface area contributed by atoms with Gasteiger partial charge in [0, 0.05) is 0 Å². The summed E-state index contributed by atoms with van der Waals surface area (Å²) in [4.78, 5) is 0. The number of hydrogen-bond acceptors (Lipinski definition) is 1. The molecule has 1 atom stereocenters. The zero-order valence-electron chi connectivity index (χ0n) is 9.31. The van der Waals surface area contributed by atoms with E-state index in [2.05, 4.69) is 0 Å². The number of alkyl halides is 3. The highest BCUT2D eigenvalue weighted by Gasteiger charge is 2.41. The first-order valence-electron chi connectivity index (χ1n) is 5.65. The minimum Gasteiger partial charge on any atom is -0.375 e. The third kappa shape index (κ3) is 4.01. The van der Waals surface area contributed by atoms with Gasteiger partial charge in [-0.2, -0.15) is 13.2 Å². The predicted octanol–water partition coefficient (Wildman–Crippen LogP) is 3.92. The average molecular weight is 224 g/mol. The summed E-state index contributed by atoms with van der Waals surface area (Å²) in [5.41, 5.74) is 0. The highest BCUT2D eigenvalue weighted by Crippen LogP contribution is 2.38. The van der Waals surface area contributed by atoms with Crippen molar-refractivity contribution in [2.75, 3.05) is 0 Å². The lowest BCUT2D eigenvalue weighted by Gasteiger charge is -2.31. The monoisotopic (exact) mass is 224 g/mol. The summed E-state index contributed by atoms with van der Waals surface area (Å²) in [5.74, 6) is -1.10. The molecule has 0 bridgehead atoms. The Kier molecular flexibility index (Phi) is 4.44. The molecular weight excluding hydrogens is 205 g/mol. The number of ether oxygens (including phenoxy) is 1. The first kappa shape index (κ1) is 12.8. The molecule has 1 rings (SSSR count). The molecule has 90 valence electrons. The highest BCUT2D eigenvalue weighted by atomic mass is 19.4. The Hall–Kier alpha value is -0.250. The van der Waals surface area contributed by atoms with Crippen molar-refractivity contribution < 1.29 is 17.9 Å². The van der Waals surface area contributed by atoms with Gasteiger partial charge in [-0.05, 0) is 39.0 Å². The van der Waals surface area contributed by atoms with Crippen LogP contribution in [0.4, 0.5) is 13.2 Å². The van der Waals surface area contributed by atoms with Crippen molar-refractivity contribution >= 4 is 0 Å². The average Bonchev–Trinajstić information content (AvgIpc) is 2.17. The van der Waals surface area contributed by atoms with Crippen LogP contribution in [0, 0.1) is 5.92 Å². The van der Waals surface area contributed by atoms with Crippen LogP contribution in [0.15, 0.2) is 0 Å². The van der Waals surface area contributed by atoms with Crippen molar-refractivity contribution in [3.63, 3.8) is 0 Å². The minimum absolute atomic E-state index is 0.0403. The molecule has 15 heavy (non-hydrogen) atoms. The van der Waals surface area contributed by atoms with Gasteiger partial charge in [-0.1, -0.05) is 6.92 Å². The van der Waals surface area contributed by atoms with Crippen molar-refractivity contribution in [2.45, 2.75) is 64.3 Å². The number of halogens is 3. The van der Waals surface area contributed by atoms with E-state index < -0.39 is 12.1 Å². The lowest BCUT2D eigenvalue weighted by Crippen LogP contribution is -2.32. The SMILES string of the molecule is CC[C@H](C)OC1CCC(C(F)(F)F)CC1. The lowest BCUT2D eigenvalue weighted by atomic mass is 9.87. The van der Waals surface area contributed by atoms with Crippen LogP contribution < -0.4 is 0 Å². The van der Waals surface area contributed by atoms with Gasteiger partial charge in [-0.25, -0.2) is 0 Å². The van der Waals surface area contributed by atoms with Gasteiger partial charge in [-0.3, -0.25) is 0 Å².